The number of aliphatic carboxylic acids is 1. The fourth-order valence-electron chi connectivity index (χ4n) is 6.60. The van der Waals surface area contributed by atoms with Crippen LogP contribution in [0.5, 0.6) is 0 Å². The Bertz CT molecular complexity index is 1510. The lowest BCUT2D eigenvalue weighted by Crippen LogP contribution is -2.47. The Morgan fingerprint density at radius 1 is 0.625 bits per heavy atom. The molecule has 0 saturated carbocycles. The highest BCUT2D eigenvalue weighted by Gasteiger charge is 2.32. The van der Waals surface area contributed by atoms with Gasteiger partial charge in [0.1, 0.15) is 6.04 Å². The molecule has 0 saturated heterocycles. The van der Waals surface area contributed by atoms with Gasteiger partial charge in [0.15, 0.2) is 11.6 Å². The van der Waals surface area contributed by atoms with Crippen LogP contribution in [-0.4, -0.2) is 78.1 Å². The van der Waals surface area contributed by atoms with Gasteiger partial charge in [-0.15, -0.1) is 0 Å². The summed E-state index contributed by atoms with van der Waals surface area (Å²) >= 11 is 0. The van der Waals surface area contributed by atoms with Gasteiger partial charge in [0.25, 0.3) is 0 Å². The Kier molecular flexibility index (Phi) is 22.5. The first-order valence-electron chi connectivity index (χ1n) is 20.2. The maximum atomic E-state index is 14.0. The van der Waals surface area contributed by atoms with Crippen molar-refractivity contribution in [2.24, 2.45) is 40.9 Å². The van der Waals surface area contributed by atoms with E-state index in [1.54, 1.807) is 6.92 Å². The molecule has 2 rings (SSSR count). The van der Waals surface area contributed by atoms with Gasteiger partial charge in [-0.3, -0.25) is 24.0 Å². The van der Waals surface area contributed by atoms with Crippen LogP contribution in [0, 0.1) is 23.7 Å². The quantitative estimate of drug-likeness (QED) is 0.0594. The van der Waals surface area contributed by atoms with Crippen LogP contribution in [0.4, 0.5) is 0 Å². The summed E-state index contributed by atoms with van der Waals surface area (Å²) < 4.78 is 0. The number of amides is 3. The molecule has 56 heavy (non-hydrogen) atoms. The number of nitrogens with one attached hydrogen (secondary N) is 3. The molecule has 0 aliphatic heterocycles. The van der Waals surface area contributed by atoms with Gasteiger partial charge in [-0.1, -0.05) is 81.4 Å². The van der Waals surface area contributed by atoms with Crippen molar-refractivity contribution in [1.29, 1.82) is 0 Å². The van der Waals surface area contributed by atoms with Crippen LogP contribution in [0.2, 0.25) is 0 Å². The summed E-state index contributed by atoms with van der Waals surface area (Å²) in [5, 5.41) is 18.1. The summed E-state index contributed by atoms with van der Waals surface area (Å²) in [6.07, 6.45) is 4.00. The predicted octanol–water partition coefficient (Wildman–Crippen LogP) is 3.45. The lowest BCUT2D eigenvalue weighted by Gasteiger charge is -2.25. The monoisotopic (exact) mass is 778 g/mol. The number of rotatable bonds is 29. The van der Waals surface area contributed by atoms with Crippen LogP contribution in [-0.2, 0) is 41.6 Å². The van der Waals surface area contributed by atoms with Crippen LogP contribution in [0.1, 0.15) is 96.1 Å². The number of carboxylic acid groups (broad SMARTS) is 1. The summed E-state index contributed by atoms with van der Waals surface area (Å²) in [6, 6.07) is 16.1. The molecule has 0 spiro atoms. The number of ketones is 2. The molecule has 6 atom stereocenters. The standard InChI is InChI=1S/C43H66N6O7/c1-29(2)24-37(49-42(54)34(25-31-15-6-4-7-16-31)28-38(50)35(46)26-32-17-8-5-9-18-32)39(51)27-33(19-13-22-45)41(53)47-23-11-10-20-36(43(55)56)48-40(52)30(3)14-12-21-44/h4-9,15-18,29-30,33-37H,10-14,19-28,44-46H2,1-3H3,(H,47,53)(H,48,52)(H,49,54)(H,55,56)/t30-,33+,34+,35-,36+,37-/m1/s1. The van der Waals surface area contributed by atoms with Crippen molar-refractivity contribution in [2.75, 3.05) is 19.6 Å². The van der Waals surface area contributed by atoms with Crippen molar-refractivity contribution in [3.63, 3.8) is 0 Å². The topological polar surface area (TPSA) is 237 Å². The van der Waals surface area contributed by atoms with Crippen LogP contribution in [0.3, 0.4) is 0 Å². The van der Waals surface area contributed by atoms with Crippen molar-refractivity contribution in [3.8, 4) is 0 Å². The molecule has 13 nitrogen and oxygen atoms in total. The zero-order valence-corrected chi connectivity index (χ0v) is 33.6. The number of hydrogen-bond donors (Lipinski definition) is 7. The maximum absolute atomic E-state index is 14.0. The van der Waals surface area contributed by atoms with Crippen molar-refractivity contribution >= 4 is 35.3 Å². The van der Waals surface area contributed by atoms with Gasteiger partial charge in [0, 0.05) is 37.1 Å². The van der Waals surface area contributed by atoms with Gasteiger partial charge in [-0.2, -0.15) is 0 Å². The molecule has 0 bridgehead atoms. The first-order chi connectivity index (χ1) is 26.7. The minimum atomic E-state index is -1.12. The maximum Gasteiger partial charge on any atom is 0.326 e. The Hall–Kier alpha value is -4.46. The Morgan fingerprint density at radius 3 is 1.75 bits per heavy atom. The fraction of sp³-hybridized carbons (Fsp3) is 0.581. The second kappa shape index (κ2) is 26.4. The van der Waals surface area contributed by atoms with E-state index in [1.165, 1.54) is 0 Å². The number of Topliss-reactive ketones (excluding diaryl/α,β-unsaturated/α-hetero) is 2. The molecular weight excluding hydrogens is 713 g/mol. The lowest BCUT2D eigenvalue weighted by molar-refractivity contribution is -0.142. The summed E-state index contributed by atoms with van der Waals surface area (Å²) in [5.41, 5.74) is 19.4. The molecule has 0 radical (unpaired) electrons. The zero-order valence-electron chi connectivity index (χ0n) is 33.6. The van der Waals surface area contributed by atoms with E-state index in [0.29, 0.717) is 64.5 Å². The van der Waals surface area contributed by atoms with E-state index in [0.717, 1.165) is 11.1 Å². The van der Waals surface area contributed by atoms with E-state index in [4.69, 9.17) is 17.2 Å². The van der Waals surface area contributed by atoms with E-state index in [9.17, 15) is 33.9 Å². The van der Waals surface area contributed by atoms with E-state index in [-0.39, 0.29) is 67.4 Å². The van der Waals surface area contributed by atoms with Crippen molar-refractivity contribution < 1.29 is 33.9 Å². The number of unbranched alkanes of at least 4 members (excludes halogenated alkanes) is 1. The normalized spacial score (nSPS) is 14.5. The number of hydrogen-bond acceptors (Lipinski definition) is 9. The predicted molar refractivity (Wildman–Crippen MR) is 218 cm³/mol. The van der Waals surface area contributed by atoms with E-state index in [1.807, 2.05) is 74.5 Å². The summed E-state index contributed by atoms with van der Waals surface area (Å²) in [6.45, 7) is 6.67. The molecule has 310 valence electrons. The Labute approximate surface area is 332 Å². The van der Waals surface area contributed by atoms with Crippen LogP contribution in [0.25, 0.3) is 0 Å². The largest absolute Gasteiger partial charge is 0.480 e. The smallest absolute Gasteiger partial charge is 0.326 e. The number of carbonyl (C=O) groups excluding carboxylic acids is 5. The van der Waals surface area contributed by atoms with Gasteiger partial charge >= 0.3 is 5.97 Å². The molecular formula is C43H66N6O7. The van der Waals surface area contributed by atoms with E-state index < -0.39 is 41.8 Å². The molecule has 2 aromatic rings. The van der Waals surface area contributed by atoms with Gasteiger partial charge in [-0.25, -0.2) is 4.79 Å². The summed E-state index contributed by atoms with van der Waals surface area (Å²) in [5.74, 6) is -4.48. The Balaban J connectivity index is 2.08. The number of nitrogens with two attached hydrogens (primary N) is 3. The highest BCUT2D eigenvalue weighted by atomic mass is 16.4. The van der Waals surface area contributed by atoms with Crippen molar-refractivity contribution in [1.82, 2.24) is 16.0 Å². The molecule has 10 N–H and O–H groups in total. The van der Waals surface area contributed by atoms with Crippen LogP contribution < -0.4 is 33.2 Å². The average molecular weight is 779 g/mol. The molecule has 0 fully saturated rings. The van der Waals surface area contributed by atoms with E-state index in [2.05, 4.69) is 16.0 Å². The summed E-state index contributed by atoms with van der Waals surface area (Å²) in [4.78, 5) is 78.9. The number of carboxylic acids is 1. The van der Waals surface area contributed by atoms with Gasteiger partial charge in [0.2, 0.25) is 17.7 Å². The third-order valence-corrected chi connectivity index (χ3v) is 9.96. The molecule has 0 aliphatic carbocycles. The third kappa shape index (κ3) is 18.4. The second-order valence-electron chi connectivity index (χ2n) is 15.4. The average Bonchev–Trinajstić information content (AvgIpc) is 3.17. The van der Waals surface area contributed by atoms with Crippen LogP contribution >= 0.6 is 0 Å². The lowest BCUT2D eigenvalue weighted by atomic mass is 9.88. The van der Waals surface area contributed by atoms with Crippen molar-refractivity contribution in [2.45, 2.75) is 116 Å². The first-order valence-corrected chi connectivity index (χ1v) is 20.2. The molecule has 2 aromatic carbocycles. The molecule has 0 aromatic heterocycles. The molecule has 3 amide bonds. The SMILES string of the molecule is CC(C)C[C@@H](NC(=O)[C@H](CC(=O)[C@H](N)Cc1ccccc1)Cc1ccccc1)C(=O)C[C@H](CCCN)C(=O)NCCCC[C@H](NC(=O)[C@H](C)CCCN)C(=O)O. The molecule has 0 unspecified atom stereocenters. The molecule has 0 aliphatic rings. The minimum Gasteiger partial charge on any atom is -0.480 e. The zero-order chi connectivity index (χ0) is 41.5. The number of benzene rings is 2. The fourth-order valence-corrected chi connectivity index (χ4v) is 6.60. The van der Waals surface area contributed by atoms with E-state index >= 15 is 0 Å². The summed E-state index contributed by atoms with van der Waals surface area (Å²) in [7, 11) is 0. The van der Waals surface area contributed by atoms with Gasteiger partial charge in [-0.05, 0) is 94.3 Å². The third-order valence-electron chi connectivity index (χ3n) is 9.96. The van der Waals surface area contributed by atoms with Crippen molar-refractivity contribution in [3.05, 3.63) is 71.8 Å². The Morgan fingerprint density at radius 2 is 1.18 bits per heavy atom. The highest BCUT2D eigenvalue weighted by molar-refractivity contribution is 5.94. The van der Waals surface area contributed by atoms with Gasteiger partial charge < -0.3 is 38.3 Å². The molecule has 13 heteroatoms. The minimum absolute atomic E-state index is 0.0441. The highest BCUT2D eigenvalue weighted by Crippen LogP contribution is 2.20. The second-order valence-corrected chi connectivity index (χ2v) is 15.4. The van der Waals surface area contributed by atoms with Gasteiger partial charge in [0.05, 0.1) is 12.1 Å². The van der Waals surface area contributed by atoms with Crippen LogP contribution in [0.15, 0.2) is 60.7 Å². The first kappa shape index (κ1) is 47.7. The number of carbonyl (C=O) groups is 6. The molecule has 0 heterocycles.